The first-order valence-corrected chi connectivity index (χ1v) is 9.49. The second kappa shape index (κ2) is 7.88. The molecule has 1 aliphatic carbocycles. The Morgan fingerprint density at radius 1 is 1.33 bits per heavy atom. The molecule has 0 aliphatic heterocycles. The summed E-state index contributed by atoms with van der Waals surface area (Å²) in [6.07, 6.45) is 8.86. The summed E-state index contributed by atoms with van der Waals surface area (Å²) < 4.78 is 7.23. The van der Waals surface area contributed by atoms with Gasteiger partial charge in [-0.2, -0.15) is 0 Å². The van der Waals surface area contributed by atoms with E-state index in [0.29, 0.717) is 11.8 Å². The van der Waals surface area contributed by atoms with Crippen molar-refractivity contribution in [1.29, 1.82) is 0 Å². The normalized spacial score (nSPS) is 16.1. The summed E-state index contributed by atoms with van der Waals surface area (Å²) >= 11 is 1.42. The van der Waals surface area contributed by atoms with E-state index in [1.807, 2.05) is 24.6 Å². The number of aryl methyl sites for hydroxylation is 1. The number of carbonyl (C=O) groups is 1. The smallest absolute Gasteiger partial charge is 0.230 e. The maximum Gasteiger partial charge on any atom is 0.230 e. The fraction of sp³-hybridized carbons (Fsp3) is 0.588. The zero-order chi connectivity index (χ0) is 16.9. The minimum absolute atomic E-state index is 0.0796. The predicted octanol–water partition coefficient (Wildman–Crippen LogP) is 3.31. The van der Waals surface area contributed by atoms with E-state index in [4.69, 9.17) is 4.42 Å². The number of furan rings is 1. The zero-order valence-electron chi connectivity index (χ0n) is 14.2. The van der Waals surface area contributed by atoms with Crippen LogP contribution in [-0.2, 0) is 11.8 Å². The first-order valence-electron chi connectivity index (χ1n) is 8.51. The van der Waals surface area contributed by atoms with Crippen LogP contribution in [0, 0.1) is 6.92 Å². The number of hydrogen-bond acceptors (Lipinski definition) is 5. The molecule has 2 aromatic heterocycles. The maximum absolute atomic E-state index is 12.2. The van der Waals surface area contributed by atoms with Crippen LogP contribution in [0.15, 0.2) is 21.9 Å². The lowest BCUT2D eigenvalue weighted by atomic mass is 10.1. The van der Waals surface area contributed by atoms with Gasteiger partial charge in [-0.3, -0.25) is 4.79 Å². The highest BCUT2D eigenvalue weighted by atomic mass is 32.2. The zero-order valence-corrected chi connectivity index (χ0v) is 15.1. The predicted molar refractivity (Wildman–Crippen MR) is 93.8 cm³/mol. The van der Waals surface area contributed by atoms with Gasteiger partial charge in [-0.25, -0.2) is 0 Å². The van der Waals surface area contributed by atoms with E-state index in [9.17, 15) is 4.79 Å². The molecule has 0 bridgehead atoms. The Labute approximate surface area is 146 Å². The molecular weight excluding hydrogens is 324 g/mol. The van der Waals surface area contributed by atoms with E-state index in [0.717, 1.165) is 35.1 Å². The first kappa shape index (κ1) is 17.1. The Balaban J connectivity index is 1.56. The summed E-state index contributed by atoms with van der Waals surface area (Å²) in [4.78, 5) is 12.2. The third-order valence-electron chi connectivity index (χ3n) is 4.49. The lowest BCUT2D eigenvalue weighted by molar-refractivity contribution is -0.119. The molecule has 1 fully saturated rings. The van der Waals surface area contributed by atoms with Crippen molar-refractivity contribution in [1.82, 2.24) is 20.1 Å². The molecule has 24 heavy (non-hydrogen) atoms. The van der Waals surface area contributed by atoms with E-state index >= 15 is 0 Å². The number of nitrogens with one attached hydrogen (secondary N) is 1. The Morgan fingerprint density at radius 2 is 2.08 bits per heavy atom. The molecule has 0 radical (unpaired) electrons. The van der Waals surface area contributed by atoms with Gasteiger partial charge in [0.15, 0.2) is 11.0 Å². The molecule has 130 valence electrons. The third-order valence-corrected chi connectivity index (χ3v) is 5.51. The van der Waals surface area contributed by atoms with Crippen molar-refractivity contribution < 1.29 is 9.21 Å². The Kier molecular flexibility index (Phi) is 5.60. The minimum atomic E-state index is 0.0796. The van der Waals surface area contributed by atoms with Gasteiger partial charge >= 0.3 is 0 Å². The van der Waals surface area contributed by atoms with Gasteiger partial charge in [0.05, 0.1) is 17.6 Å². The number of amides is 1. The molecule has 0 aromatic carbocycles. The second-order valence-corrected chi connectivity index (χ2v) is 7.24. The molecule has 0 spiro atoms. The van der Waals surface area contributed by atoms with E-state index in [1.165, 1.54) is 37.4 Å². The van der Waals surface area contributed by atoms with Crippen molar-refractivity contribution in [3.8, 4) is 11.4 Å². The largest absolute Gasteiger partial charge is 0.469 e. The number of carbonyl (C=O) groups excluding carboxylic acids is 1. The summed E-state index contributed by atoms with van der Waals surface area (Å²) in [6, 6.07) is 2.22. The Hall–Kier alpha value is -1.76. The minimum Gasteiger partial charge on any atom is -0.469 e. The van der Waals surface area contributed by atoms with Crippen LogP contribution in [0.2, 0.25) is 0 Å². The third kappa shape index (κ3) is 4.01. The molecule has 1 N–H and O–H groups in total. The van der Waals surface area contributed by atoms with E-state index in [-0.39, 0.29) is 5.91 Å². The van der Waals surface area contributed by atoms with Gasteiger partial charge in [-0.1, -0.05) is 37.4 Å². The van der Waals surface area contributed by atoms with Crippen LogP contribution in [0.5, 0.6) is 0 Å². The molecule has 0 atom stereocenters. The quantitative estimate of drug-likeness (QED) is 0.663. The SMILES string of the molecule is Cc1occc1-c1nnc(SCC(=O)NC2CCCCCC2)n1C. The molecule has 2 aromatic rings. The van der Waals surface area contributed by atoms with Gasteiger partial charge in [-0.05, 0) is 25.8 Å². The fourth-order valence-electron chi connectivity index (χ4n) is 3.12. The van der Waals surface area contributed by atoms with Gasteiger partial charge in [0, 0.05) is 13.1 Å². The van der Waals surface area contributed by atoms with Gasteiger partial charge in [0.1, 0.15) is 5.76 Å². The van der Waals surface area contributed by atoms with Crippen LogP contribution in [0.1, 0.15) is 44.3 Å². The number of rotatable bonds is 5. The number of nitrogens with zero attached hydrogens (tertiary/aromatic N) is 3. The molecule has 7 heteroatoms. The highest BCUT2D eigenvalue weighted by Gasteiger charge is 2.18. The van der Waals surface area contributed by atoms with E-state index in [1.54, 1.807) is 6.26 Å². The van der Waals surface area contributed by atoms with Gasteiger partial charge < -0.3 is 14.3 Å². The average Bonchev–Trinajstić information content (AvgIpc) is 3.03. The van der Waals surface area contributed by atoms with Crippen molar-refractivity contribution >= 4 is 17.7 Å². The average molecular weight is 348 g/mol. The standard InChI is InChI=1S/C17H24N4O2S/c1-12-14(9-10-23-12)16-19-20-17(21(16)2)24-11-15(22)18-13-7-5-3-4-6-8-13/h9-10,13H,3-8,11H2,1-2H3,(H,18,22). The summed E-state index contributed by atoms with van der Waals surface area (Å²) in [7, 11) is 1.91. The summed E-state index contributed by atoms with van der Waals surface area (Å²) in [5.41, 5.74) is 0.930. The van der Waals surface area contributed by atoms with E-state index < -0.39 is 0 Å². The second-order valence-electron chi connectivity index (χ2n) is 6.30. The maximum atomic E-state index is 12.2. The molecule has 0 saturated heterocycles. The van der Waals surface area contributed by atoms with Crippen LogP contribution in [0.25, 0.3) is 11.4 Å². The molecule has 2 heterocycles. The molecule has 0 unspecified atom stereocenters. The van der Waals surface area contributed by atoms with Crippen LogP contribution in [0.3, 0.4) is 0 Å². The van der Waals surface area contributed by atoms with Crippen molar-refractivity contribution in [2.75, 3.05) is 5.75 Å². The van der Waals surface area contributed by atoms with Gasteiger partial charge in [0.25, 0.3) is 0 Å². The summed E-state index contributed by atoms with van der Waals surface area (Å²) in [5, 5.41) is 12.3. The van der Waals surface area contributed by atoms with Gasteiger partial charge in [-0.15, -0.1) is 10.2 Å². The lowest BCUT2D eigenvalue weighted by Crippen LogP contribution is -2.35. The molecule has 1 amide bonds. The van der Waals surface area contributed by atoms with Crippen LogP contribution < -0.4 is 5.32 Å². The molecule has 1 saturated carbocycles. The monoisotopic (exact) mass is 348 g/mol. The topological polar surface area (TPSA) is 72.9 Å². The Morgan fingerprint density at radius 3 is 2.75 bits per heavy atom. The number of aromatic nitrogens is 3. The van der Waals surface area contributed by atoms with Crippen LogP contribution in [0.4, 0.5) is 0 Å². The van der Waals surface area contributed by atoms with Gasteiger partial charge in [0.2, 0.25) is 5.91 Å². The number of thioether (sulfide) groups is 1. The van der Waals surface area contributed by atoms with E-state index in [2.05, 4.69) is 15.5 Å². The lowest BCUT2D eigenvalue weighted by Gasteiger charge is -2.15. The molecule has 3 rings (SSSR count). The van der Waals surface area contributed by atoms with Crippen LogP contribution in [-0.4, -0.2) is 32.5 Å². The first-order chi connectivity index (χ1) is 11.6. The van der Waals surface area contributed by atoms with Crippen molar-refractivity contribution in [3.05, 3.63) is 18.1 Å². The number of hydrogen-bond donors (Lipinski definition) is 1. The summed E-state index contributed by atoms with van der Waals surface area (Å²) in [6.45, 7) is 1.90. The highest BCUT2D eigenvalue weighted by molar-refractivity contribution is 7.99. The molecule has 1 aliphatic rings. The summed E-state index contributed by atoms with van der Waals surface area (Å²) in [5.74, 6) is 2.02. The molecular formula is C17H24N4O2S. The van der Waals surface area contributed by atoms with Crippen molar-refractivity contribution in [3.63, 3.8) is 0 Å². The van der Waals surface area contributed by atoms with Crippen molar-refractivity contribution in [2.45, 2.75) is 56.6 Å². The Bertz CT molecular complexity index is 687. The highest BCUT2D eigenvalue weighted by Crippen LogP contribution is 2.25. The van der Waals surface area contributed by atoms with Crippen LogP contribution >= 0.6 is 11.8 Å². The molecule has 6 nitrogen and oxygen atoms in total. The fourth-order valence-corrected chi connectivity index (χ4v) is 3.84. The van der Waals surface area contributed by atoms with Crippen molar-refractivity contribution in [2.24, 2.45) is 7.05 Å².